The van der Waals surface area contributed by atoms with Gasteiger partial charge < -0.3 is 10.9 Å². The van der Waals surface area contributed by atoms with E-state index in [4.69, 9.17) is 22.5 Å². The van der Waals surface area contributed by atoms with E-state index >= 15 is 0 Å². The van der Waals surface area contributed by atoms with Gasteiger partial charge in [-0.25, -0.2) is 0 Å². The smallest absolute Gasteiger partial charge is 0.155 e. The first-order valence-electron chi connectivity index (χ1n) is 6.70. The molecule has 0 atom stereocenters. The molecule has 0 radical (unpaired) electrons. The molecule has 3 N–H and O–H groups in total. The van der Waals surface area contributed by atoms with Crippen molar-refractivity contribution in [3.05, 3.63) is 33.3 Å². The normalized spacial score (nSPS) is 19.7. The van der Waals surface area contributed by atoms with Gasteiger partial charge in [0.15, 0.2) is 5.84 Å². The molecular formula is C14H19BrClN3OS. The van der Waals surface area contributed by atoms with Crippen LogP contribution in [0.15, 0.2) is 27.8 Å². The SMILES string of the molecule is CSC1(/C(N)=N/O)CCN(Cc2ccc(Br)cc2Cl)CC1. The van der Waals surface area contributed by atoms with Gasteiger partial charge in [-0.05, 0) is 36.8 Å². The van der Waals surface area contributed by atoms with Gasteiger partial charge in [-0.1, -0.05) is 38.8 Å². The number of halogens is 2. The van der Waals surface area contributed by atoms with Crippen LogP contribution < -0.4 is 5.73 Å². The van der Waals surface area contributed by atoms with E-state index < -0.39 is 0 Å². The van der Waals surface area contributed by atoms with Crippen molar-refractivity contribution in [3.8, 4) is 0 Å². The van der Waals surface area contributed by atoms with E-state index in [-0.39, 0.29) is 4.75 Å². The number of hydrogen-bond acceptors (Lipinski definition) is 4. The Morgan fingerprint density at radius 1 is 1.52 bits per heavy atom. The fraction of sp³-hybridized carbons (Fsp3) is 0.500. The quantitative estimate of drug-likeness (QED) is 0.356. The molecule has 0 amide bonds. The largest absolute Gasteiger partial charge is 0.409 e. The van der Waals surface area contributed by atoms with Gasteiger partial charge in [0.2, 0.25) is 0 Å². The number of oxime groups is 1. The Balaban J connectivity index is 2.01. The summed E-state index contributed by atoms with van der Waals surface area (Å²) in [4.78, 5) is 2.36. The number of amidine groups is 1. The van der Waals surface area contributed by atoms with Crippen LogP contribution in [-0.4, -0.2) is 40.0 Å². The molecule has 0 aliphatic carbocycles. The number of thioether (sulfide) groups is 1. The van der Waals surface area contributed by atoms with Crippen molar-refractivity contribution < 1.29 is 5.21 Å². The molecule has 1 aromatic carbocycles. The molecule has 116 valence electrons. The number of nitrogens with two attached hydrogens (primary N) is 1. The fourth-order valence-electron chi connectivity index (χ4n) is 2.62. The summed E-state index contributed by atoms with van der Waals surface area (Å²) in [6.45, 7) is 2.64. The van der Waals surface area contributed by atoms with Crippen LogP contribution in [-0.2, 0) is 6.54 Å². The highest BCUT2D eigenvalue weighted by molar-refractivity contribution is 9.10. The third kappa shape index (κ3) is 3.86. The molecule has 7 heteroatoms. The van der Waals surface area contributed by atoms with E-state index in [1.54, 1.807) is 11.8 Å². The minimum Gasteiger partial charge on any atom is -0.409 e. The lowest BCUT2D eigenvalue weighted by Crippen LogP contribution is -2.49. The summed E-state index contributed by atoms with van der Waals surface area (Å²) in [5.41, 5.74) is 6.99. The number of likely N-dealkylation sites (tertiary alicyclic amines) is 1. The second-order valence-corrected chi connectivity index (χ2v) is 7.71. The number of piperidine rings is 1. The number of benzene rings is 1. The van der Waals surface area contributed by atoms with Crippen molar-refractivity contribution in [1.29, 1.82) is 0 Å². The second kappa shape index (κ2) is 7.22. The number of rotatable bonds is 4. The first kappa shape index (κ1) is 16.9. The van der Waals surface area contributed by atoms with Crippen molar-refractivity contribution in [2.75, 3.05) is 19.3 Å². The molecule has 0 spiro atoms. The molecule has 1 aliphatic rings. The molecule has 1 aliphatic heterocycles. The molecular weight excluding hydrogens is 374 g/mol. The lowest BCUT2D eigenvalue weighted by atomic mass is 9.94. The third-order valence-electron chi connectivity index (χ3n) is 4.04. The van der Waals surface area contributed by atoms with Gasteiger partial charge in [-0.15, -0.1) is 0 Å². The van der Waals surface area contributed by atoms with Crippen LogP contribution in [0.1, 0.15) is 18.4 Å². The van der Waals surface area contributed by atoms with E-state index in [0.29, 0.717) is 5.84 Å². The van der Waals surface area contributed by atoms with Crippen LogP contribution in [0.25, 0.3) is 0 Å². The summed E-state index contributed by atoms with van der Waals surface area (Å²) in [6.07, 6.45) is 3.76. The maximum Gasteiger partial charge on any atom is 0.155 e. The topological polar surface area (TPSA) is 61.9 Å². The summed E-state index contributed by atoms with van der Waals surface area (Å²) in [7, 11) is 0. The van der Waals surface area contributed by atoms with Crippen molar-refractivity contribution in [1.82, 2.24) is 4.90 Å². The van der Waals surface area contributed by atoms with Crippen molar-refractivity contribution >= 4 is 45.1 Å². The summed E-state index contributed by atoms with van der Waals surface area (Å²) in [6, 6.07) is 5.98. The Morgan fingerprint density at radius 2 is 2.19 bits per heavy atom. The predicted molar refractivity (Wildman–Crippen MR) is 93.3 cm³/mol. The Kier molecular flexibility index (Phi) is 5.82. The molecule has 21 heavy (non-hydrogen) atoms. The average Bonchev–Trinajstić information content (AvgIpc) is 2.50. The molecule has 0 bridgehead atoms. The third-order valence-corrected chi connectivity index (χ3v) is 6.28. The fourth-order valence-corrected chi connectivity index (χ4v) is 4.19. The Morgan fingerprint density at radius 3 is 2.71 bits per heavy atom. The minimum atomic E-state index is -0.241. The van der Waals surface area contributed by atoms with E-state index in [1.807, 2.05) is 24.5 Å². The lowest BCUT2D eigenvalue weighted by molar-refractivity contribution is 0.209. The number of hydrogen-bond donors (Lipinski definition) is 2. The molecule has 1 saturated heterocycles. The predicted octanol–water partition coefficient (Wildman–Crippen LogP) is 3.55. The zero-order valence-electron chi connectivity index (χ0n) is 11.9. The number of nitrogens with zero attached hydrogens (tertiary/aromatic N) is 2. The lowest BCUT2D eigenvalue weighted by Gasteiger charge is -2.39. The maximum absolute atomic E-state index is 8.96. The minimum absolute atomic E-state index is 0.241. The van der Waals surface area contributed by atoms with Gasteiger partial charge in [0.25, 0.3) is 0 Å². The standard InChI is InChI=1S/C14H19BrClN3OS/c1-21-14(13(17)18-20)4-6-19(7-5-14)9-10-2-3-11(15)8-12(10)16/h2-3,8,20H,4-7,9H2,1H3,(H2,17,18). The van der Waals surface area contributed by atoms with E-state index in [1.165, 1.54) is 0 Å². The Bertz CT molecular complexity index is 533. The van der Waals surface area contributed by atoms with Crippen LogP contribution in [0.5, 0.6) is 0 Å². The van der Waals surface area contributed by atoms with Crippen LogP contribution in [0.4, 0.5) is 0 Å². The molecule has 1 aromatic rings. The molecule has 0 saturated carbocycles. The molecule has 4 nitrogen and oxygen atoms in total. The first-order valence-corrected chi connectivity index (χ1v) is 9.10. The van der Waals surface area contributed by atoms with E-state index in [2.05, 4.69) is 26.0 Å². The summed E-state index contributed by atoms with van der Waals surface area (Å²) >= 11 is 11.4. The zero-order valence-corrected chi connectivity index (χ0v) is 15.0. The van der Waals surface area contributed by atoms with E-state index in [0.717, 1.165) is 47.5 Å². The Hall–Kier alpha value is -0.430. The molecule has 2 rings (SSSR count). The highest BCUT2D eigenvalue weighted by Gasteiger charge is 2.38. The molecule has 1 fully saturated rings. The first-order chi connectivity index (χ1) is 10.0. The molecule has 0 aromatic heterocycles. The van der Waals surface area contributed by atoms with Crippen LogP contribution in [0.2, 0.25) is 5.02 Å². The Labute approximate surface area is 142 Å². The van der Waals surface area contributed by atoms with Crippen LogP contribution >= 0.6 is 39.3 Å². The van der Waals surface area contributed by atoms with Gasteiger partial charge in [0.1, 0.15) is 0 Å². The second-order valence-electron chi connectivity index (χ2n) is 5.20. The maximum atomic E-state index is 8.96. The van der Waals surface area contributed by atoms with Gasteiger partial charge in [0, 0.05) is 29.1 Å². The average molecular weight is 393 g/mol. The zero-order chi connectivity index (χ0) is 15.5. The van der Waals surface area contributed by atoms with Crippen molar-refractivity contribution in [2.45, 2.75) is 24.1 Å². The van der Waals surface area contributed by atoms with Crippen LogP contribution in [0.3, 0.4) is 0 Å². The van der Waals surface area contributed by atoms with E-state index in [9.17, 15) is 0 Å². The van der Waals surface area contributed by atoms with Crippen LogP contribution in [0, 0.1) is 0 Å². The summed E-state index contributed by atoms with van der Waals surface area (Å²) in [5, 5.41) is 13.0. The molecule has 0 unspecified atom stereocenters. The summed E-state index contributed by atoms with van der Waals surface area (Å²) < 4.78 is 0.748. The highest BCUT2D eigenvalue weighted by Crippen LogP contribution is 2.35. The highest BCUT2D eigenvalue weighted by atomic mass is 79.9. The van der Waals surface area contributed by atoms with Crippen molar-refractivity contribution in [3.63, 3.8) is 0 Å². The van der Waals surface area contributed by atoms with Gasteiger partial charge in [-0.3, -0.25) is 4.90 Å². The molecule has 1 heterocycles. The summed E-state index contributed by atoms with van der Waals surface area (Å²) in [5.74, 6) is 0.330. The van der Waals surface area contributed by atoms with Gasteiger partial charge in [0.05, 0.1) is 4.75 Å². The van der Waals surface area contributed by atoms with Gasteiger partial charge in [-0.2, -0.15) is 11.8 Å². The monoisotopic (exact) mass is 391 g/mol. The van der Waals surface area contributed by atoms with Crippen molar-refractivity contribution in [2.24, 2.45) is 10.9 Å². The van der Waals surface area contributed by atoms with Gasteiger partial charge >= 0.3 is 0 Å².